The highest BCUT2D eigenvalue weighted by atomic mass is 32.1. The Kier molecular flexibility index (Phi) is 6.05. The summed E-state index contributed by atoms with van der Waals surface area (Å²) in [6, 6.07) is 2.01. The predicted molar refractivity (Wildman–Crippen MR) is 156 cm³/mol. The van der Waals surface area contributed by atoms with Crippen LogP contribution < -0.4 is 10.6 Å². The number of rotatable bonds is 7. The van der Waals surface area contributed by atoms with E-state index in [-0.39, 0.29) is 29.8 Å². The summed E-state index contributed by atoms with van der Waals surface area (Å²) in [4.78, 5) is 34.4. The summed E-state index contributed by atoms with van der Waals surface area (Å²) in [6.07, 6.45) is 15.3. The number of likely N-dealkylation sites (tertiary alicyclic amines) is 1. The van der Waals surface area contributed by atoms with Crippen LogP contribution in [0.15, 0.2) is 61.0 Å². The molecule has 1 atom stereocenters. The molecule has 1 aliphatic carbocycles. The molecule has 3 aliphatic rings. The second kappa shape index (κ2) is 9.67. The van der Waals surface area contributed by atoms with Crippen molar-refractivity contribution in [1.29, 1.82) is 0 Å². The van der Waals surface area contributed by atoms with Crippen LogP contribution in [0.25, 0.3) is 15.3 Å². The van der Waals surface area contributed by atoms with Crippen LogP contribution in [-0.2, 0) is 9.53 Å². The topological polar surface area (TPSA) is 119 Å². The second-order valence-corrected chi connectivity index (χ2v) is 12.4. The number of aromatic nitrogens is 5. The van der Waals surface area contributed by atoms with E-state index in [1.54, 1.807) is 23.0 Å². The van der Waals surface area contributed by atoms with Crippen LogP contribution in [0.4, 0.5) is 11.4 Å². The molecule has 0 aromatic carbocycles. The lowest BCUT2D eigenvalue weighted by Crippen LogP contribution is -2.53. The minimum absolute atomic E-state index is 0.103. The number of pyridine rings is 1. The average molecular weight is 571 g/mol. The third-order valence-electron chi connectivity index (χ3n) is 8.09. The third-order valence-corrected chi connectivity index (χ3v) is 9.25. The number of fused-ring (bicyclic) bond motifs is 2. The second-order valence-electron chi connectivity index (χ2n) is 11.4. The normalized spacial score (nSPS) is 19.3. The molecule has 11 nitrogen and oxygen atoms in total. The third kappa shape index (κ3) is 4.62. The number of amides is 2. The maximum Gasteiger partial charge on any atom is 0.260 e. The molecule has 6 heterocycles. The Bertz CT molecular complexity index is 1740. The lowest BCUT2D eigenvalue weighted by Gasteiger charge is -2.51. The number of nitrogens with one attached hydrogen (secondary N) is 2. The van der Waals surface area contributed by atoms with Gasteiger partial charge in [-0.05, 0) is 24.5 Å². The van der Waals surface area contributed by atoms with Crippen LogP contribution in [0.3, 0.4) is 0 Å². The minimum atomic E-state index is -0.296. The Morgan fingerprint density at radius 1 is 1.15 bits per heavy atom. The van der Waals surface area contributed by atoms with E-state index in [9.17, 15) is 9.59 Å². The molecule has 0 radical (unpaired) electrons. The van der Waals surface area contributed by atoms with Crippen LogP contribution in [0.1, 0.15) is 35.9 Å². The van der Waals surface area contributed by atoms with Gasteiger partial charge in [0.15, 0.2) is 0 Å². The molecule has 4 aromatic heterocycles. The fourth-order valence-electron chi connectivity index (χ4n) is 5.44. The number of thiazole rings is 1. The molecule has 2 fully saturated rings. The van der Waals surface area contributed by atoms with Crippen molar-refractivity contribution in [2.45, 2.75) is 26.8 Å². The smallest absolute Gasteiger partial charge is 0.260 e. The summed E-state index contributed by atoms with van der Waals surface area (Å²) < 4.78 is 8.89. The summed E-state index contributed by atoms with van der Waals surface area (Å²) in [7, 11) is 0. The van der Waals surface area contributed by atoms with Gasteiger partial charge in [0.1, 0.15) is 4.83 Å². The van der Waals surface area contributed by atoms with Crippen molar-refractivity contribution in [2.75, 3.05) is 36.9 Å². The van der Waals surface area contributed by atoms with E-state index in [2.05, 4.69) is 62.8 Å². The number of hydrogen-bond acceptors (Lipinski definition) is 8. The monoisotopic (exact) mass is 570 g/mol. The predicted octanol–water partition coefficient (Wildman–Crippen LogP) is 4.14. The van der Waals surface area contributed by atoms with Crippen molar-refractivity contribution in [3.05, 3.63) is 72.2 Å². The van der Waals surface area contributed by atoms with Crippen molar-refractivity contribution in [3.8, 4) is 10.4 Å². The fourth-order valence-corrected chi connectivity index (χ4v) is 6.47. The van der Waals surface area contributed by atoms with E-state index in [0.29, 0.717) is 41.8 Å². The van der Waals surface area contributed by atoms with E-state index in [0.717, 1.165) is 21.8 Å². The molecule has 2 N–H and O–H groups in total. The molecule has 0 bridgehead atoms. The Morgan fingerprint density at radius 3 is 2.80 bits per heavy atom. The van der Waals surface area contributed by atoms with Gasteiger partial charge in [0.25, 0.3) is 5.91 Å². The van der Waals surface area contributed by atoms with Crippen LogP contribution in [-0.4, -0.2) is 67.4 Å². The number of nitrogens with zero attached hydrogens (tertiary/aromatic N) is 6. The molecule has 2 amide bonds. The number of anilines is 2. The summed E-state index contributed by atoms with van der Waals surface area (Å²) >= 11 is 1.48. The molecule has 210 valence electrons. The van der Waals surface area contributed by atoms with Crippen LogP contribution in [0, 0.1) is 18.3 Å². The first kappa shape index (κ1) is 25.7. The van der Waals surface area contributed by atoms with Gasteiger partial charge in [-0.3, -0.25) is 19.3 Å². The number of carbonyl (C=O) groups is 2. The van der Waals surface area contributed by atoms with Crippen molar-refractivity contribution in [2.24, 2.45) is 11.3 Å². The highest BCUT2D eigenvalue weighted by Crippen LogP contribution is 2.45. The standard InChI is InChI=1S/C29H30N8O3S/c1-17-23(7-19(9-30-17)33-26(38)14-35-12-22-24(35)5-4-6-29(22,2)3)34-27(39)21-10-32-37-13-25(41-28(21)37)18-8-31-36(11-18)20-15-40-16-20/h4-11,13,20,22H,12,14-16H2,1-3H3,(H,33,38)(H,34,39). The maximum atomic E-state index is 13.3. The zero-order valence-corrected chi connectivity index (χ0v) is 23.8. The van der Waals surface area contributed by atoms with Crippen LogP contribution in [0.5, 0.6) is 0 Å². The Hall–Kier alpha value is -4.29. The summed E-state index contributed by atoms with van der Waals surface area (Å²) in [5.74, 6) is 0.0194. The number of allylic oxidation sites excluding steroid dienone is 3. The number of carbonyl (C=O) groups excluding carboxylic acids is 2. The van der Waals surface area contributed by atoms with E-state index >= 15 is 0 Å². The van der Waals surface area contributed by atoms with Crippen LogP contribution >= 0.6 is 11.3 Å². The van der Waals surface area contributed by atoms with Gasteiger partial charge in [-0.2, -0.15) is 10.2 Å². The first-order valence-electron chi connectivity index (χ1n) is 13.6. The van der Waals surface area contributed by atoms with Crippen molar-refractivity contribution in [3.63, 3.8) is 0 Å². The Labute approximate surface area is 240 Å². The van der Waals surface area contributed by atoms with Crippen molar-refractivity contribution < 1.29 is 14.3 Å². The number of ether oxygens (including phenoxy) is 1. The van der Waals surface area contributed by atoms with E-state index in [4.69, 9.17) is 4.74 Å². The van der Waals surface area contributed by atoms with Gasteiger partial charge in [-0.25, -0.2) is 4.52 Å². The molecule has 0 spiro atoms. The Balaban J connectivity index is 1.03. The molecule has 7 rings (SSSR count). The van der Waals surface area contributed by atoms with Gasteiger partial charge < -0.3 is 20.3 Å². The fraction of sp³-hybridized carbons (Fsp3) is 0.345. The zero-order chi connectivity index (χ0) is 28.3. The van der Waals surface area contributed by atoms with Gasteiger partial charge >= 0.3 is 0 Å². The molecule has 4 aromatic rings. The lowest BCUT2D eigenvalue weighted by molar-refractivity contribution is -0.118. The van der Waals surface area contributed by atoms with Gasteiger partial charge in [0.2, 0.25) is 5.91 Å². The van der Waals surface area contributed by atoms with Gasteiger partial charge in [0.05, 0.1) is 71.9 Å². The molecular formula is C29H30N8O3S. The molecule has 1 unspecified atom stereocenters. The van der Waals surface area contributed by atoms with Gasteiger partial charge in [-0.15, -0.1) is 11.3 Å². The van der Waals surface area contributed by atoms with Gasteiger partial charge in [0, 0.05) is 36.1 Å². The quantitative estimate of drug-likeness (QED) is 0.343. The van der Waals surface area contributed by atoms with E-state index in [1.165, 1.54) is 17.0 Å². The first-order chi connectivity index (χ1) is 19.7. The molecule has 2 aliphatic heterocycles. The van der Waals surface area contributed by atoms with Crippen molar-refractivity contribution >= 4 is 39.4 Å². The lowest BCUT2D eigenvalue weighted by atomic mass is 9.69. The highest BCUT2D eigenvalue weighted by Gasteiger charge is 2.43. The largest absolute Gasteiger partial charge is 0.377 e. The van der Waals surface area contributed by atoms with E-state index < -0.39 is 0 Å². The summed E-state index contributed by atoms with van der Waals surface area (Å²) in [6.45, 7) is 8.73. The number of aryl methyl sites for hydroxylation is 1. The zero-order valence-electron chi connectivity index (χ0n) is 23.0. The molecule has 41 heavy (non-hydrogen) atoms. The van der Waals surface area contributed by atoms with E-state index in [1.807, 2.05) is 30.2 Å². The first-order valence-corrected chi connectivity index (χ1v) is 14.4. The Morgan fingerprint density at radius 2 is 2.00 bits per heavy atom. The molecule has 12 heteroatoms. The minimum Gasteiger partial charge on any atom is -0.377 e. The maximum absolute atomic E-state index is 13.3. The number of hydrogen-bond donors (Lipinski definition) is 2. The summed E-state index contributed by atoms with van der Waals surface area (Å²) in [5.41, 5.74) is 4.43. The molecule has 0 saturated carbocycles. The van der Waals surface area contributed by atoms with Crippen LogP contribution in [0.2, 0.25) is 0 Å². The molecule has 2 saturated heterocycles. The average Bonchev–Trinajstić information content (AvgIpc) is 3.60. The highest BCUT2D eigenvalue weighted by molar-refractivity contribution is 7.21. The van der Waals surface area contributed by atoms with Gasteiger partial charge in [-0.1, -0.05) is 26.0 Å². The SMILES string of the molecule is Cc1ncc(NC(=O)CN2CC3C2=CC=CC3(C)C)cc1NC(=O)c1cnn2cc(-c3cnn(C4COC4)c3)sc12. The summed E-state index contributed by atoms with van der Waals surface area (Å²) in [5, 5.41) is 14.7. The molecular weight excluding hydrogens is 540 g/mol. The van der Waals surface area contributed by atoms with Crippen molar-refractivity contribution in [1.82, 2.24) is 29.3 Å².